The summed E-state index contributed by atoms with van der Waals surface area (Å²) < 4.78 is 8.39. The van der Waals surface area contributed by atoms with E-state index in [1.54, 1.807) is 21.6 Å². The number of aromatic nitrogens is 5. The highest BCUT2D eigenvalue weighted by Crippen LogP contribution is 2.29. The maximum atomic E-state index is 13.8. The van der Waals surface area contributed by atoms with E-state index in [0.717, 1.165) is 30.3 Å². The van der Waals surface area contributed by atoms with Crippen LogP contribution in [-0.2, 0) is 6.54 Å². The van der Waals surface area contributed by atoms with Gasteiger partial charge in [0.25, 0.3) is 5.56 Å². The molecule has 1 fully saturated rings. The molecule has 0 bridgehead atoms. The van der Waals surface area contributed by atoms with E-state index in [1.807, 2.05) is 31.2 Å². The van der Waals surface area contributed by atoms with Gasteiger partial charge >= 0.3 is 0 Å². The Hall–Kier alpha value is -4.76. The number of benzene rings is 3. The van der Waals surface area contributed by atoms with Crippen LogP contribution in [0.4, 0.5) is 5.82 Å². The SMILES string of the molecule is Cc1nn(-c2ccc3onc(N)c3c2)c2c(=O)n(-c3ccc(-c4ccccc4CNCC4CC4)cc3)cnc12. The van der Waals surface area contributed by atoms with Crippen LogP contribution in [0, 0.1) is 12.8 Å². The Labute approximate surface area is 223 Å². The van der Waals surface area contributed by atoms with Crippen molar-refractivity contribution in [3.05, 3.63) is 94.7 Å². The van der Waals surface area contributed by atoms with E-state index in [9.17, 15) is 4.79 Å². The number of nitrogens with two attached hydrogens (primary N) is 1. The first-order valence-electron chi connectivity index (χ1n) is 13.1. The Bertz CT molecular complexity index is 1900. The average Bonchev–Trinajstić information content (AvgIpc) is 3.63. The van der Waals surface area contributed by atoms with Crippen LogP contribution in [0.3, 0.4) is 0 Å². The summed E-state index contributed by atoms with van der Waals surface area (Å²) in [6.07, 6.45) is 4.24. The molecule has 7 rings (SSSR count). The van der Waals surface area contributed by atoms with Crippen LogP contribution in [0.15, 0.2) is 82.4 Å². The molecule has 6 aromatic rings. The standard InChI is InChI=1S/C30H27N7O2/c1-18-27-28(37(34-18)23-12-13-26-25(14-23)29(31)35-39-26)30(38)36(17-33-27)22-10-8-20(9-11-22)24-5-3-2-4-21(24)16-32-15-19-6-7-19/h2-5,8-14,17,19,32H,6-7,15-16H2,1H3,(H2,31,35). The summed E-state index contributed by atoms with van der Waals surface area (Å²) in [5.74, 6) is 1.13. The third-order valence-corrected chi connectivity index (χ3v) is 7.40. The van der Waals surface area contributed by atoms with Crippen LogP contribution >= 0.6 is 0 Å². The number of nitrogen functional groups attached to an aromatic ring is 1. The van der Waals surface area contributed by atoms with Crippen LogP contribution in [0.25, 0.3) is 44.5 Å². The minimum atomic E-state index is -0.212. The van der Waals surface area contributed by atoms with Crippen LogP contribution in [0.1, 0.15) is 24.1 Å². The van der Waals surface area contributed by atoms with Crippen LogP contribution in [0.2, 0.25) is 0 Å². The van der Waals surface area contributed by atoms with E-state index in [2.05, 4.69) is 57.0 Å². The topological polar surface area (TPSA) is 117 Å². The second kappa shape index (κ2) is 9.21. The summed E-state index contributed by atoms with van der Waals surface area (Å²) in [4.78, 5) is 18.4. The Morgan fingerprint density at radius 2 is 1.85 bits per heavy atom. The molecule has 0 amide bonds. The number of nitrogens with zero attached hydrogens (tertiary/aromatic N) is 5. The monoisotopic (exact) mass is 517 g/mol. The van der Waals surface area contributed by atoms with Crippen molar-refractivity contribution in [2.24, 2.45) is 5.92 Å². The molecule has 39 heavy (non-hydrogen) atoms. The molecule has 1 saturated carbocycles. The van der Waals surface area contributed by atoms with Crippen molar-refractivity contribution < 1.29 is 4.52 Å². The normalized spacial score (nSPS) is 13.5. The van der Waals surface area contributed by atoms with Crippen LogP contribution in [0.5, 0.6) is 0 Å². The van der Waals surface area contributed by atoms with Gasteiger partial charge in [0.05, 0.1) is 22.5 Å². The molecular formula is C30H27N7O2. The zero-order chi connectivity index (χ0) is 26.5. The van der Waals surface area contributed by atoms with Crippen molar-refractivity contribution in [3.63, 3.8) is 0 Å². The van der Waals surface area contributed by atoms with E-state index in [4.69, 9.17) is 10.3 Å². The highest BCUT2D eigenvalue weighted by molar-refractivity contribution is 5.89. The van der Waals surface area contributed by atoms with Gasteiger partial charge in [-0.1, -0.05) is 41.6 Å². The van der Waals surface area contributed by atoms with Crippen molar-refractivity contribution in [1.82, 2.24) is 29.8 Å². The zero-order valence-electron chi connectivity index (χ0n) is 21.5. The number of hydrogen-bond acceptors (Lipinski definition) is 7. The first kappa shape index (κ1) is 23.4. The lowest BCUT2D eigenvalue weighted by atomic mass is 9.99. The Morgan fingerprint density at radius 3 is 2.67 bits per heavy atom. The molecule has 0 aliphatic heterocycles. The van der Waals surface area contributed by atoms with E-state index in [0.29, 0.717) is 33.4 Å². The molecule has 0 spiro atoms. The predicted molar refractivity (Wildman–Crippen MR) is 151 cm³/mol. The molecule has 0 atom stereocenters. The van der Waals surface area contributed by atoms with Crippen molar-refractivity contribution >= 4 is 27.8 Å². The van der Waals surface area contributed by atoms with E-state index in [-0.39, 0.29) is 11.4 Å². The minimum Gasteiger partial charge on any atom is -0.380 e. The highest BCUT2D eigenvalue weighted by Gasteiger charge is 2.20. The second-order valence-electron chi connectivity index (χ2n) is 10.1. The van der Waals surface area contributed by atoms with Crippen molar-refractivity contribution in [3.8, 4) is 22.5 Å². The molecule has 0 unspecified atom stereocenters. The molecule has 9 heteroatoms. The quantitative estimate of drug-likeness (QED) is 0.313. The molecule has 3 aromatic carbocycles. The number of fused-ring (bicyclic) bond motifs is 2. The summed E-state index contributed by atoms with van der Waals surface area (Å²) in [6.45, 7) is 3.75. The largest absolute Gasteiger partial charge is 0.380 e. The average molecular weight is 518 g/mol. The van der Waals surface area contributed by atoms with Gasteiger partial charge in [-0.05, 0) is 79.3 Å². The van der Waals surface area contributed by atoms with E-state index < -0.39 is 0 Å². The second-order valence-corrected chi connectivity index (χ2v) is 10.1. The molecule has 3 heterocycles. The van der Waals surface area contributed by atoms with Gasteiger partial charge in [0.15, 0.2) is 16.9 Å². The predicted octanol–water partition coefficient (Wildman–Crippen LogP) is 4.77. The number of hydrogen-bond donors (Lipinski definition) is 2. The third kappa shape index (κ3) is 4.17. The molecule has 0 radical (unpaired) electrons. The molecule has 9 nitrogen and oxygen atoms in total. The molecular weight excluding hydrogens is 490 g/mol. The van der Waals surface area contributed by atoms with Gasteiger partial charge in [-0.25, -0.2) is 9.67 Å². The lowest BCUT2D eigenvalue weighted by Gasteiger charge is -2.12. The summed E-state index contributed by atoms with van der Waals surface area (Å²) in [5, 5.41) is 12.7. The van der Waals surface area contributed by atoms with Gasteiger partial charge in [-0.3, -0.25) is 9.36 Å². The van der Waals surface area contributed by atoms with E-state index in [1.165, 1.54) is 24.0 Å². The van der Waals surface area contributed by atoms with Crippen LogP contribution < -0.4 is 16.6 Å². The molecule has 1 aliphatic rings. The first-order chi connectivity index (χ1) is 19.1. The van der Waals surface area contributed by atoms with Gasteiger partial charge in [-0.2, -0.15) is 5.10 Å². The number of rotatable bonds is 7. The Balaban J connectivity index is 1.25. The van der Waals surface area contributed by atoms with E-state index >= 15 is 0 Å². The first-order valence-corrected chi connectivity index (χ1v) is 13.1. The van der Waals surface area contributed by atoms with Gasteiger partial charge in [0.2, 0.25) is 0 Å². The molecule has 3 aromatic heterocycles. The third-order valence-electron chi connectivity index (χ3n) is 7.40. The van der Waals surface area contributed by atoms with Gasteiger partial charge < -0.3 is 15.6 Å². The highest BCUT2D eigenvalue weighted by atomic mass is 16.5. The summed E-state index contributed by atoms with van der Waals surface area (Å²) >= 11 is 0. The summed E-state index contributed by atoms with van der Waals surface area (Å²) in [6, 6.07) is 21.9. The zero-order valence-corrected chi connectivity index (χ0v) is 21.5. The minimum absolute atomic E-state index is 0.212. The Kier molecular flexibility index (Phi) is 5.52. The molecule has 194 valence electrons. The molecule has 3 N–H and O–H groups in total. The van der Waals surface area contributed by atoms with Crippen molar-refractivity contribution in [1.29, 1.82) is 0 Å². The van der Waals surface area contributed by atoms with Gasteiger partial charge in [0.1, 0.15) is 11.8 Å². The van der Waals surface area contributed by atoms with Gasteiger partial charge in [0, 0.05) is 6.54 Å². The lowest BCUT2D eigenvalue weighted by molar-refractivity contribution is 0.460. The molecule has 1 aliphatic carbocycles. The number of anilines is 1. The van der Waals surface area contributed by atoms with Crippen molar-refractivity contribution in [2.45, 2.75) is 26.3 Å². The maximum absolute atomic E-state index is 13.8. The summed E-state index contributed by atoms with van der Waals surface area (Å²) in [7, 11) is 0. The molecule has 0 saturated heterocycles. The summed E-state index contributed by atoms with van der Waals surface area (Å²) in [5.41, 5.74) is 12.9. The Morgan fingerprint density at radius 1 is 1.05 bits per heavy atom. The number of nitrogens with one attached hydrogen (secondary N) is 1. The van der Waals surface area contributed by atoms with Crippen LogP contribution in [-0.4, -0.2) is 31.0 Å². The fraction of sp³-hybridized carbons (Fsp3) is 0.200. The fourth-order valence-corrected chi connectivity index (χ4v) is 5.09. The smallest absolute Gasteiger partial charge is 0.284 e. The maximum Gasteiger partial charge on any atom is 0.284 e. The lowest BCUT2D eigenvalue weighted by Crippen LogP contribution is -2.21. The fourth-order valence-electron chi connectivity index (χ4n) is 5.09. The number of aryl methyl sites for hydroxylation is 1. The van der Waals surface area contributed by atoms with Crippen molar-refractivity contribution in [2.75, 3.05) is 12.3 Å². The van der Waals surface area contributed by atoms with Gasteiger partial charge in [-0.15, -0.1) is 0 Å².